The number of carbonyl (C=O) groups is 2. The molecule has 6 nitrogen and oxygen atoms in total. The molecule has 124 valence electrons. The van der Waals surface area contributed by atoms with Gasteiger partial charge in [-0.2, -0.15) is 0 Å². The van der Waals surface area contributed by atoms with Crippen LogP contribution in [0.4, 0.5) is 5.69 Å². The quantitative estimate of drug-likeness (QED) is 0.858. The molecule has 0 unspecified atom stereocenters. The predicted molar refractivity (Wildman–Crippen MR) is 85.7 cm³/mol. The van der Waals surface area contributed by atoms with Crippen LogP contribution in [-0.4, -0.2) is 47.5 Å². The van der Waals surface area contributed by atoms with Crippen molar-refractivity contribution in [1.29, 1.82) is 0 Å². The molecule has 2 heterocycles. The maximum absolute atomic E-state index is 12.4. The molecule has 1 saturated carbocycles. The molecular weight excluding hydrogens is 294 g/mol. The minimum atomic E-state index is -0.295. The maximum Gasteiger partial charge on any atom is 0.323 e. The van der Waals surface area contributed by atoms with Crippen molar-refractivity contribution >= 4 is 17.6 Å². The highest BCUT2D eigenvalue weighted by Crippen LogP contribution is 2.39. The molecule has 2 aliphatic rings. The highest BCUT2D eigenvalue weighted by atomic mass is 16.5. The lowest BCUT2D eigenvalue weighted by molar-refractivity contribution is -0.146. The van der Waals surface area contributed by atoms with Crippen molar-refractivity contribution < 1.29 is 14.3 Å². The summed E-state index contributed by atoms with van der Waals surface area (Å²) in [5, 5.41) is 2.87. The number of hydrogen-bond acceptors (Lipinski definition) is 5. The maximum atomic E-state index is 12.4. The van der Waals surface area contributed by atoms with Gasteiger partial charge in [0.1, 0.15) is 6.04 Å². The molecule has 1 aliphatic heterocycles. The zero-order valence-electron chi connectivity index (χ0n) is 13.4. The molecule has 0 radical (unpaired) electrons. The van der Waals surface area contributed by atoms with E-state index >= 15 is 0 Å². The smallest absolute Gasteiger partial charge is 0.323 e. The second-order valence-corrected chi connectivity index (χ2v) is 6.34. The summed E-state index contributed by atoms with van der Waals surface area (Å²) in [5.74, 6) is 0.175. The Morgan fingerprint density at radius 3 is 2.78 bits per heavy atom. The van der Waals surface area contributed by atoms with E-state index in [4.69, 9.17) is 4.74 Å². The van der Waals surface area contributed by atoms with Gasteiger partial charge in [0.05, 0.1) is 13.7 Å². The number of nitrogens with one attached hydrogen (secondary N) is 1. The molecule has 0 aromatic carbocycles. The summed E-state index contributed by atoms with van der Waals surface area (Å²) in [4.78, 5) is 30.5. The number of rotatable bonds is 4. The van der Waals surface area contributed by atoms with Crippen molar-refractivity contribution in [3.8, 4) is 0 Å². The Labute approximate surface area is 136 Å². The van der Waals surface area contributed by atoms with E-state index in [1.165, 1.54) is 13.5 Å². The zero-order valence-corrected chi connectivity index (χ0v) is 13.4. The van der Waals surface area contributed by atoms with Gasteiger partial charge in [0.25, 0.3) is 0 Å². The fourth-order valence-electron chi connectivity index (χ4n) is 3.95. The second kappa shape index (κ2) is 7.08. The molecular formula is C17H23N3O3. The predicted octanol–water partition coefficient (Wildman–Crippen LogP) is 1.83. The second-order valence-electron chi connectivity index (χ2n) is 6.34. The van der Waals surface area contributed by atoms with Gasteiger partial charge in [0.15, 0.2) is 0 Å². The first-order valence-corrected chi connectivity index (χ1v) is 8.22. The molecule has 0 spiro atoms. The summed E-state index contributed by atoms with van der Waals surface area (Å²) in [6.45, 7) is 0.225. The number of anilines is 1. The summed E-state index contributed by atoms with van der Waals surface area (Å²) in [7, 11) is 1.42. The minimum absolute atomic E-state index is 0.101. The number of esters is 1. The number of methoxy groups -OCH3 is 1. The van der Waals surface area contributed by atoms with E-state index in [0.29, 0.717) is 12.0 Å². The van der Waals surface area contributed by atoms with Gasteiger partial charge in [0.2, 0.25) is 5.91 Å². The van der Waals surface area contributed by atoms with E-state index in [9.17, 15) is 9.59 Å². The Morgan fingerprint density at radius 2 is 2.04 bits per heavy atom. The van der Waals surface area contributed by atoms with Crippen LogP contribution in [0.15, 0.2) is 24.5 Å². The molecule has 1 aliphatic carbocycles. The topological polar surface area (TPSA) is 71.5 Å². The molecule has 2 fully saturated rings. The van der Waals surface area contributed by atoms with Gasteiger partial charge in [-0.1, -0.05) is 12.8 Å². The van der Waals surface area contributed by atoms with E-state index in [-0.39, 0.29) is 24.5 Å². The highest BCUT2D eigenvalue weighted by molar-refractivity contribution is 5.92. The first kappa shape index (κ1) is 15.9. The largest absolute Gasteiger partial charge is 0.468 e. The number of aromatic nitrogens is 1. The van der Waals surface area contributed by atoms with Crippen LogP contribution in [-0.2, 0) is 14.3 Å². The third-order valence-corrected chi connectivity index (χ3v) is 4.98. The summed E-state index contributed by atoms with van der Waals surface area (Å²) < 4.78 is 4.95. The molecule has 1 saturated heterocycles. The van der Waals surface area contributed by atoms with Crippen LogP contribution in [0.1, 0.15) is 32.1 Å². The number of pyridine rings is 1. The number of fused-ring (bicyclic) bond motifs is 1. The molecule has 1 N–H and O–H groups in total. The van der Waals surface area contributed by atoms with E-state index in [2.05, 4.69) is 10.3 Å². The number of amides is 1. The van der Waals surface area contributed by atoms with E-state index in [1.54, 1.807) is 24.5 Å². The number of hydrogen-bond donors (Lipinski definition) is 1. The Hall–Kier alpha value is -1.95. The molecule has 3 atom stereocenters. The van der Waals surface area contributed by atoms with E-state index < -0.39 is 0 Å². The van der Waals surface area contributed by atoms with Gasteiger partial charge in [-0.25, -0.2) is 0 Å². The number of carbonyl (C=O) groups excluding carboxylic acids is 2. The van der Waals surface area contributed by atoms with Crippen LogP contribution in [0.5, 0.6) is 0 Å². The fourth-order valence-corrected chi connectivity index (χ4v) is 3.95. The van der Waals surface area contributed by atoms with Gasteiger partial charge in [-0.15, -0.1) is 0 Å². The summed E-state index contributed by atoms with van der Waals surface area (Å²) in [5.41, 5.74) is 0.721. The number of nitrogens with zero attached hydrogens (tertiary/aromatic N) is 2. The monoisotopic (exact) mass is 317 g/mol. The molecule has 3 rings (SSSR count). The number of likely N-dealkylation sites (tertiary alicyclic amines) is 1. The first-order valence-electron chi connectivity index (χ1n) is 8.22. The van der Waals surface area contributed by atoms with Crippen molar-refractivity contribution in [3.63, 3.8) is 0 Å². The SMILES string of the molecule is COC(=O)[C@@H]1C[C@@H]2CCCC[C@H]2N1CC(=O)Nc1ccncc1. The third-order valence-electron chi connectivity index (χ3n) is 4.98. The van der Waals surface area contributed by atoms with Gasteiger partial charge in [-0.3, -0.25) is 19.5 Å². The zero-order chi connectivity index (χ0) is 16.2. The highest BCUT2D eigenvalue weighted by Gasteiger charge is 2.46. The van der Waals surface area contributed by atoms with Crippen molar-refractivity contribution in [3.05, 3.63) is 24.5 Å². The first-order chi connectivity index (χ1) is 11.2. The number of ether oxygens (including phenoxy) is 1. The van der Waals surface area contributed by atoms with Crippen LogP contribution < -0.4 is 5.32 Å². The van der Waals surface area contributed by atoms with Crippen molar-refractivity contribution in [1.82, 2.24) is 9.88 Å². The van der Waals surface area contributed by atoms with Crippen LogP contribution >= 0.6 is 0 Å². The lowest BCUT2D eigenvalue weighted by atomic mass is 9.85. The Morgan fingerprint density at radius 1 is 1.30 bits per heavy atom. The van der Waals surface area contributed by atoms with E-state index in [1.807, 2.05) is 4.90 Å². The summed E-state index contributed by atoms with van der Waals surface area (Å²) in [6, 6.07) is 3.53. The van der Waals surface area contributed by atoms with Crippen LogP contribution in [0, 0.1) is 5.92 Å². The normalized spacial score (nSPS) is 27.3. The Kier molecular flexibility index (Phi) is 4.91. The minimum Gasteiger partial charge on any atom is -0.468 e. The molecule has 1 amide bonds. The lowest BCUT2D eigenvalue weighted by Crippen LogP contribution is -2.46. The van der Waals surface area contributed by atoms with Crippen molar-refractivity contribution in [2.45, 2.75) is 44.2 Å². The van der Waals surface area contributed by atoms with Crippen molar-refractivity contribution in [2.24, 2.45) is 5.92 Å². The van der Waals surface area contributed by atoms with Gasteiger partial charge in [-0.05, 0) is 37.3 Å². The lowest BCUT2D eigenvalue weighted by Gasteiger charge is -2.32. The fraction of sp³-hybridized carbons (Fsp3) is 0.588. The van der Waals surface area contributed by atoms with Gasteiger partial charge < -0.3 is 10.1 Å². The van der Waals surface area contributed by atoms with Gasteiger partial charge in [0, 0.05) is 24.1 Å². The average Bonchev–Trinajstić information content (AvgIpc) is 2.94. The van der Waals surface area contributed by atoms with E-state index in [0.717, 1.165) is 31.4 Å². The van der Waals surface area contributed by atoms with Crippen LogP contribution in [0.2, 0.25) is 0 Å². The standard InChI is InChI=1S/C17H23N3O3/c1-23-17(22)15-10-12-4-2-3-5-14(12)20(15)11-16(21)19-13-6-8-18-9-7-13/h6-9,12,14-15H,2-5,10-11H2,1H3,(H,18,19,21)/t12-,14+,15-/m0/s1. The molecule has 1 aromatic rings. The van der Waals surface area contributed by atoms with Crippen LogP contribution in [0.3, 0.4) is 0 Å². The average molecular weight is 317 g/mol. The Balaban J connectivity index is 1.69. The molecule has 6 heteroatoms. The van der Waals surface area contributed by atoms with Crippen LogP contribution in [0.25, 0.3) is 0 Å². The molecule has 1 aromatic heterocycles. The summed E-state index contributed by atoms with van der Waals surface area (Å²) in [6.07, 6.45) is 8.66. The van der Waals surface area contributed by atoms with Gasteiger partial charge >= 0.3 is 5.97 Å². The summed E-state index contributed by atoms with van der Waals surface area (Å²) >= 11 is 0. The Bertz CT molecular complexity index is 563. The van der Waals surface area contributed by atoms with Crippen molar-refractivity contribution in [2.75, 3.05) is 19.0 Å². The molecule has 0 bridgehead atoms. The molecule has 23 heavy (non-hydrogen) atoms. The third kappa shape index (κ3) is 3.52.